The molecule has 0 unspecified atom stereocenters. The Labute approximate surface area is 83.6 Å². The summed E-state index contributed by atoms with van der Waals surface area (Å²) < 4.78 is 0. The van der Waals surface area contributed by atoms with E-state index < -0.39 is 17.6 Å². The van der Waals surface area contributed by atoms with Gasteiger partial charge in [0.25, 0.3) is 0 Å². The van der Waals surface area contributed by atoms with E-state index in [-0.39, 0.29) is 22.3 Å². The molecule has 0 bridgehead atoms. The minimum Gasteiger partial charge on any atom is -0.478 e. The first kappa shape index (κ1) is 11.6. The van der Waals surface area contributed by atoms with Crippen molar-refractivity contribution in [2.24, 2.45) is 0 Å². The van der Waals surface area contributed by atoms with E-state index in [1.165, 1.54) is 18.3 Å². The molecule has 5 nitrogen and oxygen atoms in total. The Morgan fingerprint density at radius 1 is 1.23 bits per heavy atom. The first-order chi connectivity index (χ1) is 5.63. The molecule has 71 valence electrons. The molecule has 0 aliphatic rings. The van der Waals surface area contributed by atoms with Crippen LogP contribution in [0, 0.1) is 0 Å². The molecule has 0 aliphatic carbocycles. The molecule has 6 heteroatoms. The zero-order valence-electron chi connectivity index (χ0n) is 6.22. The second-order valence-electron chi connectivity index (χ2n) is 2.01. The number of hydrogen-bond acceptors (Lipinski definition) is 3. The zero-order valence-corrected chi connectivity index (χ0v) is 7.26. The van der Waals surface area contributed by atoms with Crippen LogP contribution in [0.15, 0.2) is 18.3 Å². The van der Waals surface area contributed by atoms with Gasteiger partial charge in [0.2, 0.25) is 0 Å². The summed E-state index contributed by atoms with van der Waals surface area (Å²) in [7, 11) is 0. The second kappa shape index (κ2) is 4.58. The van der Waals surface area contributed by atoms with Crippen LogP contribution in [0.25, 0.3) is 0 Å². The minimum absolute atomic E-state index is 0. The molecule has 0 aromatic carbocycles. The van der Waals surface area contributed by atoms with Crippen LogP contribution < -0.4 is 0 Å². The van der Waals surface area contributed by atoms with E-state index in [1.807, 2.05) is 0 Å². The molecule has 0 atom stereocenters. The Hall–Kier alpha value is -1.40. The summed E-state index contributed by atoms with van der Waals surface area (Å²) in [4.78, 5) is 24.2. The minimum atomic E-state index is -1.34. The van der Waals surface area contributed by atoms with Crippen molar-refractivity contribution < 1.29 is 36.6 Å². The third kappa shape index (κ3) is 2.53. The quantitative estimate of drug-likeness (QED) is 0.765. The summed E-state index contributed by atoms with van der Waals surface area (Å²) in [5.41, 5.74) is -0.741. The third-order valence-corrected chi connectivity index (χ3v) is 1.24. The Balaban J connectivity index is 0.00000144. The molecular formula is C7H5CoNO4. The number of carboxylic acids is 2. The maximum absolute atomic E-state index is 10.4. The second-order valence-corrected chi connectivity index (χ2v) is 2.01. The van der Waals surface area contributed by atoms with Crippen molar-refractivity contribution in [3.05, 3.63) is 29.6 Å². The van der Waals surface area contributed by atoms with Gasteiger partial charge in [0.05, 0.1) is 5.56 Å². The topological polar surface area (TPSA) is 87.5 Å². The van der Waals surface area contributed by atoms with E-state index in [4.69, 9.17) is 10.2 Å². The van der Waals surface area contributed by atoms with Crippen LogP contribution in [0.3, 0.4) is 0 Å². The van der Waals surface area contributed by atoms with Gasteiger partial charge in [0.1, 0.15) is 0 Å². The number of hydrogen-bond donors (Lipinski definition) is 2. The van der Waals surface area contributed by atoms with Gasteiger partial charge in [-0.3, -0.25) is 0 Å². The van der Waals surface area contributed by atoms with Gasteiger partial charge >= 0.3 is 11.9 Å². The van der Waals surface area contributed by atoms with Crippen molar-refractivity contribution in [2.45, 2.75) is 0 Å². The van der Waals surface area contributed by atoms with Crippen molar-refractivity contribution in [3.63, 3.8) is 0 Å². The summed E-state index contributed by atoms with van der Waals surface area (Å²) in [6.45, 7) is 0. The number of rotatable bonds is 2. The molecule has 1 radical (unpaired) electrons. The SMILES string of the molecule is O=C(O)c1cccnc1C(=O)O.[Co]. The molecule has 0 amide bonds. The van der Waals surface area contributed by atoms with E-state index in [1.54, 1.807) is 0 Å². The van der Waals surface area contributed by atoms with E-state index in [9.17, 15) is 9.59 Å². The van der Waals surface area contributed by atoms with Crippen LogP contribution >= 0.6 is 0 Å². The number of carboxylic acid groups (broad SMARTS) is 2. The van der Waals surface area contributed by atoms with Crippen LogP contribution in [0.5, 0.6) is 0 Å². The van der Waals surface area contributed by atoms with Crippen molar-refractivity contribution in [2.75, 3.05) is 0 Å². The van der Waals surface area contributed by atoms with Crippen molar-refractivity contribution in [3.8, 4) is 0 Å². The zero-order chi connectivity index (χ0) is 9.14. The summed E-state index contributed by atoms with van der Waals surface area (Å²) in [5.74, 6) is -2.63. The first-order valence-electron chi connectivity index (χ1n) is 3.04. The molecule has 13 heavy (non-hydrogen) atoms. The molecule has 0 aliphatic heterocycles. The number of aromatic carboxylic acids is 2. The number of carbonyl (C=O) groups is 2. The van der Waals surface area contributed by atoms with E-state index in [2.05, 4.69) is 4.98 Å². The molecule has 1 rings (SSSR count). The third-order valence-electron chi connectivity index (χ3n) is 1.24. The van der Waals surface area contributed by atoms with E-state index >= 15 is 0 Å². The number of nitrogens with zero attached hydrogens (tertiary/aromatic N) is 1. The molecule has 0 saturated heterocycles. The van der Waals surface area contributed by atoms with Crippen LogP contribution in [0.2, 0.25) is 0 Å². The molecule has 1 aromatic rings. The van der Waals surface area contributed by atoms with Gasteiger partial charge in [-0.2, -0.15) is 0 Å². The van der Waals surface area contributed by atoms with Gasteiger partial charge in [0.15, 0.2) is 5.69 Å². The Kier molecular flexibility index (Phi) is 4.09. The van der Waals surface area contributed by atoms with Crippen molar-refractivity contribution in [1.29, 1.82) is 0 Å². The summed E-state index contributed by atoms with van der Waals surface area (Å²) >= 11 is 0. The van der Waals surface area contributed by atoms with Gasteiger partial charge in [-0.15, -0.1) is 0 Å². The van der Waals surface area contributed by atoms with Gasteiger partial charge in [-0.25, -0.2) is 14.6 Å². The van der Waals surface area contributed by atoms with Gasteiger partial charge in [-0.05, 0) is 12.1 Å². The molecule has 1 heterocycles. The van der Waals surface area contributed by atoms with E-state index in [0.717, 1.165) is 0 Å². The van der Waals surface area contributed by atoms with Gasteiger partial charge < -0.3 is 10.2 Å². The molecule has 1 aromatic heterocycles. The standard InChI is InChI=1S/C7H5NO4.Co/c9-6(10)4-2-1-3-8-5(4)7(11)12;/h1-3H,(H,9,10)(H,11,12);. The summed E-state index contributed by atoms with van der Waals surface area (Å²) in [5, 5.41) is 17.0. The fourth-order valence-electron chi connectivity index (χ4n) is 0.748. The summed E-state index contributed by atoms with van der Waals surface area (Å²) in [6, 6.07) is 2.56. The predicted octanol–water partition coefficient (Wildman–Crippen LogP) is 0.475. The maximum Gasteiger partial charge on any atom is 0.355 e. The molecule has 0 saturated carbocycles. The van der Waals surface area contributed by atoms with Crippen LogP contribution in [0.4, 0.5) is 0 Å². The normalized spacial score (nSPS) is 8.62. The van der Waals surface area contributed by atoms with Gasteiger partial charge in [-0.1, -0.05) is 0 Å². The molecule has 2 N–H and O–H groups in total. The largest absolute Gasteiger partial charge is 0.478 e. The Morgan fingerprint density at radius 3 is 2.23 bits per heavy atom. The fourth-order valence-corrected chi connectivity index (χ4v) is 0.748. The Bertz CT molecular complexity index is 306. The number of pyridine rings is 1. The van der Waals surface area contributed by atoms with Gasteiger partial charge in [0, 0.05) is 23.0 Å². The van der Waals surface area contributed by atoms with Crippen molar-refractivity contribution in [1.82, 2.24) is 4.98 Å². The summed E-state index contributed by atoms with van der Waals surface area (Å²) in [6.07, 6.45) is 1.23. The van der Waals surface area contributed by atoms with Crippen LogP contribution in [0.1, 0.15) is 20.8 Å². The average Bonchev–Trinajstić information content (AvgIpc) is 2.04. The fraction of sp³-hybridized carbons (Fsp3) is 0. The predicted molar refractivity (Wildman–Crippen MR) is 38.2 cm³/mol. The monoisotopic (exact) mass is 226 g/mol. The average molecular weight is 226 g/mol. The molecule has 0 spiro atoms. The maximum atomic E-state index is 10.4. The number of aromatic nitrogens is 1. The van der Waals surface area contributed by atoms with Crippen LogP contribution in [-0.2, 0) is 16.8 Å². The van der Waals surface area contributed by atoms with Crippen molar-refractivity contribution >= 4 is 11.9 Å². The van der Waals surface area contributed by atoms with Crippen LogP contribution in [-0.4, -0.2) is 27.1 Å². The Morgan fingerprint density at radius 2 is 1.85 bits per heavy atom. The first-order valence-corrected chi connectivity index (χ1v) is 3.04. The smallest absolute Gasteiger partial charge is 0.355 e. The molecule has 0 fully saturated rings. The van der Waals surface area contributed by atoms with E-state index in [0.29, 0.717) is 0 Å². The molecular weight excluding hydrogens is 221 g/mol.